The number of aliphatic imine (C=N–C) groups is 1. The summed E-state index contributed by atoms with van der Waals surface area (Å²) in [5, 5.41) is 3.24. The quantitative estimate of drug-likeness (QED) is 0.732. The number of pyridine rings is 1. The van der Waals surface area contributed by atoms with Crippen LogP contribution < -0.4 is 11.1 Å². The molecule has 0 aliphatic carbocycles. The molecule has 0 saturated carbocycles. The lowest BCUT2D eigenvalue weighted by atomic mass is 9.75. The molecule has 1 aromatic heterocycles. The van der Waals surface area contributed by atoms with Crippen molar-refractivity contribution in [2.24, 2.45) is 16.6 Å². The number of carbonyl (C=O) groups is 1. The van der Waals surface area contributed by atoms with Gasteiger partial charge < -0.3 is 15.8 Å². The van der Waals surface area contributed by atoms with Crippen LogP contribution in [0, 0.1) is 11.7 Å². The Morgan fingerprint density at radius 3 is 2.90 bits per heavy atom. The first kappa shape index (κ1) is 23.4. The highest BCUT2D eigenvalue weighted by Crippen LogP contribution is 2.46. The lowest BCUT2D eigenvalue weighted by Crippen LogP contribution is -2.47. The van der Waals surface area contributed by atoms with E-state index in [1.807, 2.05) is 0 Å². The van der Waals surface area contributed by atoms with Crippen LogP contribution in [0.5, 0.6) is 0 Å². The summed E-state index contributed by atoms with van der Waals surface area (Å²) in [6.07, 6.45) is 2.10. The minimum Gasteiger partial charge on any atom is -0.381 e. The van der Waals surface area contributed by atoms with Crippen LogP contribution in [0.4, 0.5) is 10.1 Å². The van der Waals surface area contributed by atoms with Crippen LogP contribution in [0.25, 0.3) is 0 Å². The number of hydrogen-bond donors (Lipinski definition) is 2. The van der Waals surface area contributed by atoms with Crippen LogP contribution in [-0.4, -0.2) is 35.0 Å². The number of anilines is 1. The third-order valence-corrected chi connectivity index (χ3v) is 5.91. The van der Waals surface area contributed by atoms with Crippen molar-refractivity contribution >= 4 is 53.3 Å². The molecule has 1 unspecified atom stereocenters. The Kier molecular flexibility index (Phi) is 7.87. The average Bonchev–Trinajstić information content (AvgIpc) is 2.69. The van der Waals surface area contributed by atoms with E-state index >= 15 is 0 Å². The van der Waals surface area contributed by atoms with Crippen molar-refractivity contribution in [1.82, 2.24) is 4.98 Å². The summed E-state index contributed by atoms with van der Waals surface area (Å²) < 4.78 is 20.4. The number of nitrogens with zero attached hydrogens (tertiary/aromatic N) is 2. The highest BCUT2D eigenvalue weighted by atomic mass is 35.5. The van der Waals surface area contributed by atoms with Crippen LogP contribution in [-0.2, 0) is 10.3 Å². The molecule has 29 heavy (non-hydrogen) atoms. The number of fused-ring (bicyclic) bond motifs is 1. The summed E-state index contributed by atoms with van der Waals surface area (Å²) in [4.78, 5) is 21.1. The number of rotatable bonds is 3. The first-order chi connectivity index (χ1) is 13.1. The zero-order chi connectivity index (χ0) is 18.9. The van der Waals surface area contributed by atoms with E-state index in [0.717, 1.165) is 5.75 Å². The van der Waals surface area contributed by atoms with E-state index in [1.165, 1.54) is 23.9 Å². The Hall–Kier alpha value is -1.87. The molecular formula is C19H21Cl2FN4O2S. The Morgan fingerprint density at radius 2 is 2.14 bits per heavy atom. The van der Waals surface area contributed by atoms with Gasteiger partial charge in [0.15, 0.2) is 5.17 Å². The van der Waals surface area contributed by atoms with E-state index in [4.69, 9.17) is 10.5 Å². The number of nitrogens with one attached hydrogen (secondary N) is 1. The fourth-order valence-electron chi connectivity index (χ4n) is 3.59. The average molecular weight is 459 g/mol. The second kappa shape index (κ2) is 9.75. The Bertz CT molecular complexity index is 903. The summed E-state index contributed by atoms with van der Waals surface area (Å²) in [6.45, 7) is 0.996. The molecule has 2 atom stereocenters. The number of benzene rings is 1. The first-order valence-electron chi connectivity index (χ1n) is 8.67. The van der Waals surface area contributed by atoms with Gasteiger partial charge in [-0.1, -0.05) is 17.8 Å². The largest absolute Gasteiger partial charge is 0.381 e. The number of amides is 1. The third kappa shape index (κ3) is 4.66. The summed E-state index contributed by atoms with van der Waals surface area (Å²) in [7, 11) is 0. The smallest absolute Gasteiger partial charge is 0.274 e. The number of hydrogen-bond acceptors (Lipinski definition) is 6. The minimum atomic E-state index is -0.761. The van der Waals surface area contributed by atoms with Crippen molar-refractivity contribution < 1.29 is 13.9 Å². The summed E-state index contributed by atoms with van der Waals surface area (Å²) in [6, 6.07) is 9.65. The second-order valence-corrected chi connectivity index (χ2v) is 7.61. The summed E-state index contributed by atoms with van der Waals surface area (Å²) in [5.41, 5.74) is 6.45. The van der Waals surface area contributed by atoms with Gasteiger partial charge in [0, 0.05) is 42.1 Å². The number of carbonyl (C=O) groups excluding carboxylic acids is 1. The van der Waals surface area contributed by atoms with Crippen LogP contribution in [0.3, 0.4) is 0 Å². The van der Waals surface area contributed by atoms with Gasteiger partial charge in [0.05, 0.1) is 12.1 Å². The van der Waals surface area contributed by atoms with Crippen LogP contribution in [0.15, 0.2) is 47.6 Å². The summed E-state index contributed by atoms with van der Waals surface area (Å²) >= 11 is 1.46. The molecule has 2 aliphatic rings. The van der Waals surface area contributed by atoms with Crippen molar-refractivity contribution in [3.05, 3.63) is 59.7 Å². The fourth-order valence-corrected chi connectivity index (χ4v) is 4.56. The molecule has 6 nitrogen and oxygen atoms in total. The zero-order valence-corrected chi connectivity index (χ0v) is 17.8. The topological polar surface area (TPSA) is 89.6 Å². The highest BCUT2D eigenvalue weighted by molar-refractivity contribution is 8.13. The molecule has 3 heterocycles. The molecule has 1 saturated heterocycles. The predicted octanol–water partition coefficient (Wildman–Crippen LogP) is 3.61. The van der Waals surface area contributed by atoms with E-state index in [9.17, 15) is 9.18 Å². The minimum absolute atomic E-state index is 0. The molecule has 3 N–H and O–H groups in total. The van der Waals surface area contributed by atoms with E-state index in [-0.39, 0.29) is 42.5 Å². The van der Waals surface area contributed by atoms with Gasteiger partial charge in [-0.15, -0.1) is 24.8 Å². The van der Waals surface area contributed by atoms with Gasteiger partial charge in [0.1, 0.15) is 11.5 Å². The van der Waals surface area contributed by atoms with Gasteiger partial charge in [-0.05, 0) is 30.3 Å². The number of nitrogens with two attached hydrogens (primary N) is 1. The standard InChI is InChI=1S/C19H19FN4O2S.2ClH/c20-15-5-4-13(23-17(25)16-3-1-2-7-22-16)9-14(15)19-6-8-26-10-12(19)11-27-18(21)24-19;;/h1-5,7,9,12H,6,8,10-11H2,(H2,21,24)(H,23,25);2*1H/t12?,19-;;/m1../s1. The van der Waals surface area contributed by atoms with E-state index in [1.54, 1.807) is 30.5 Å². The van der Waals surface area contributed by atoms with Gasteiger partial charge in [0.2, 0.25) is 0 Å². The molecule has 2 aliphatic heterocycles. The second-order valence-electron chi connectivity index (χ2n) is 6.57. The van der Waals surface area contributed by atoms with Gasteiger partial charge in [-0.3, -0.25) is 14.8 Å². The van der Waals surface area contributed by atoms with E-state index < -0.39 is 5.54 Å². The maximum Gasteiger partial charge on any atom is 0.274 e. The van der Waals surface area contributed by atoms with Gasteiger partial charge in [0.25, 0.3) is 5.91 Å². The van der Waals surface area contributed by atoms with Crippen molar-refractivity contribution in [1.29, 1.82) is 0 Å². The van der Waals surface area contributed by atoms with Crippen molar-refractivity contribution in [3.63, 3.8) is 0 Å². The normalized spacial score (nSPS) is 22.9. The maximum atomic E-state index is 14.8. The molecule has 0 spiro atoms. The lowest BCUT2D eigenvalue weighted by molar-refractivity contribution is 0.00886. The van der Waals surface area contributed by atoms with Crippen LogP contribution in [0.1, 0.15) is 22.5 Å². The monoisotopic (exact) mass is 458 g/mol. The van der Waals surface area contributed by atoms with Crippen LogP contribution in [0.2, 0.25) is 0 Å². The van der Waals surface area contributed by atoms with Gasteiger partial charge >= 0.3 is 0 Å². The molecule has 2 aromatic rings. The molecule has 1 aromatic carbocycles. The molecule has 10 heteroatoms. The lowest BCUT2D eigenvalue weighted by Gasteiger charge is -2.44. The molecule has 0 bridgehead atoms. The fraction of sp³-hybridized carbons (Fsp3) is 0.316. The van der Waals surface area contributed by atoms with Crippen molar-refractivity contribution in [2.45, 2.75) is 12.0 Å². The third-order valence-electron chi connectivity index (χ3n) is 4.95. The summed E-state index contributed by atoms with van der Waals surface area (Å²) in [5.74, 6) is 0.0385. The van der Waals surface area contributed by atoms with Crippen molar-refractivity contribution in [2.75, 3.05) is 24.3 Å². The van der Waals surface area contributed by atoms with Crippen molar-refractivity contribution in [3.8, 4) is 0 Å². The number of halogens is 3. The molecule has 1 amide bonds. The number of aromatic nitrogens is 1. The molecule has 4 rings (SSSR count). The number of ether oxygens (including phenoxy) is 1. The molecule has 0 radical (unpaired) electrons. The predicted molar refractivity (Wildman–Crippen MR) is 118 cm³/mol. The van der Waals surface area contributed by atoms with Gasteiger partial charge in [-0.25, -0.2) is 4.39 Å². The number of amidine groups is 1. The zero-order valence-electron chi connectivity index (χ0n) is 15.3. The number of thioether (sulfide) groups is 1. The maximum absolute atomic E-state index is 14.8. The van der Waals surface area contributed by atoms with E-state index in [2.05, 4.69) is 15.3 Å². The SMILES string of the molecule is Cl.Cl.NC1=N[C@]2(c3cc(NC(=O)c4ccccn4)ccc3F)CCOCC2CS1. The molecule has 1 fully saturated rings. The van der Waals surface area contributed by atoms with Gasteiger partial charge in [-0.2, -0.15) is 0 Å². The first-order valence-corrected chi connectivity index (χ1v) is 9.65. The Morgan fingerprint density at radius 1 is 1.31 bits per heavy atom. The molecule has 156 valence electrons. The Labute approximate surface area is 184 Å². The highest BCUT2D eigenvalue weighted by Gasteiger charge is 2.47. The Balaban J connectivity index is 0.00000150. The molecular weight excluding hydrogens is 438 g/mol. The van der Waals surface area contributed by atoms with Crippen LogP contribution >= 0.6 is 36.6 Å². The van der Waals surface area contributed by atoms with E-state index in [0.29, 0.717) is 41.7 Å².